The van der Waals surface area contributed by atoms with Gasteiger partial charge in [-0.3, -0.25) is 4.79 Å². The average molecular weight is 334 g/mol. The third-order valence-electron chi connectivity index (χ3n) is 3.89. The first-order valence-electron chi connectivity index (χ1n) is 7.36. The minimum absolute atomic E-state index is 0.0159. The molecule has 1 heterocycles. The van der Waals surface area contributed by atoms with Crippen LogP contribution >= 0.6 is 11.6 Å². The van der Waals surface area contributed by atoms with Crippen molar-refractivity contribution in [1.82, 2.24) is 10.9 Å². The molecule has 3 rings (SSSR count). The van der Waals surface area contributed by atoms with Gasteiger partial charge in [0.2, 0.25) is 5.91 Å². The second kappa shape index (κ2) is 6.66. The van der Waals surface area contributed by atoms with Crippen molar-refractivity contribution in [3.05, 3.63) is 64.4 Å². The molecule has 120 valence electrons. The van der Waals surface area contributed by atoms with Crippen molar-refractivity contribution >= 4 is 23.2 Å². The average Bonchev–Trinajstić information content (AvgIpc) is 3.02. The topological polar surface area (TPSA) is 53.2 Å². The van der Waals surface area contributed by atoms with E-state index >= 15 is 0 Å². The van der Waals surface area contributed by atoms with Gasteiger partial charge in [-0.2, -0.15) is 0 Å². The van der Waals surface area contributed by atoms with E-state index in [1.165, 1.54) is 23.8 Å². The van der Waals surface area contributed by atoms with E-state index in [0.29, 0.717) is 12.1 Å². The van der Waals surface area contributed by atoms with Crippen molar-refractivity contribution < 1.29 is 9.18 Å². The molecule has 1 fully saturated rings. The fourth-order valence-electron chi connectivity index (χ4n) is 2.55. The van der Waals surface area contributed by atoms with Crippen LogP contribution in [-0.2, 0) is 4.79 Å². The van der Waals surface area contributed by atoms with Crippen LogP contribution in [0.2, 0.25) is 5.02 Å². The molecule has 1 aliphatic heterocycles. The van der Waals surface area contributed by atoms with E-state index in [9.17, 15) is 9.18 Å². The summed E-state index contributed by atoms with van der Waals surface area (Å²) in [6.45, 7) is 2.04. The molecule has 2 aromatic carbocycles. The minimum atomic E-state index is -0.509. The van der Waals surface area contributed by atoms with Crippen molar-refractivity contribution in [2.45, 2.75) is 25.4 Å². The smallest absolute Gasteiger partial charge is 0.242 e. The number of carbonyl (C=O) groups is 1. The Balaban J connectivity index is 1.63. The molecule has 0 saturated carbocycles. The third kappa shape index (κ3) is 3.69. The normalized spacial score (nSPS) is 20.5. The van der Waals surface area contributed by atoms with Crippen molar-refractivity contribution in [1.29, 1.82) is 0 Å². The van der Waals surface area contributed by atoms with Gasteiger partial charge in [-0.05, 0) is 37.1 Å². The minimum Gasteiger partial charge on any atom is -0.325 e. The molecule has 1 amide bonds. The highest BCUT2D eigenvalue weighted by molar-refractivity contribution is 6.31. The summed E-state index contributed by atoms with van der Waals surface area (Å²) < 4.78 is 13.1. The molecule has 1 aliphatic rings. The van der Waals surface area contributed by atoms with E-state index in [-0.39, 0.29) is 23.0 Å². The fraction of sp³-hybridized carbons (Fsp3) is 0.235. The lowest BCUT2D eigenvalue weighted by molar-refractivity contribution is -0.117. The molecule has 0 radical (unpaired) electrons. The van der Waals surface area contributed by atoms with Gasteiger partial charge in [0, 0.05) is 11.7 Å². The third-order valence-corrected chi connectivity index (χ3v) is 4.18. The van der Waals surface area contributed by atoms with Crippen LogP contribution in [0.15, 0.2) is 42.5 Å². The van der Waals surface area contributed by atoms with Gasteiger partial charge < -0.3 is 5.32 Å². The maximum absolute atomic E-state index is 13.1. The number of anilines is 1. The zero-order valence-corrected chi connectivity index (χ0v) is 13.3. The number of hydrogen-bond acceptors (Lipinski definition) is 3. The van der Waals surface area contributed by atoms with Gasteiger partial charge in [0.25, 0.3) is 0 Å². The van der Waals surface area contributed by atoms with Gasteiger partial charge in [0.05, 0.1) is 5.02 Å². The molecule has 2 atom stereocenters. The van der Waals surface area contributed by atoms with Crippen LogP contribution in [-0.4, -0.2) is 11.9 Å². The van der Waals surface area contributed by atoms with E-state index in [2.05, 4.69) is 28.3 Å². The Morgan fingerprint density at radius 3 is 2.65 bits per heavy atom. The summed E-state index contributed by atoms with van der Waals surface area (Å²) in [6.07, 6.45) is 0.629. The molecule has 0 aliphatic carbocycles. The van der Waals surface area contributed by atoms with Crippen LogP contribution in [0, 0.1) is 12.7 Å². The van der Waals surface area contributed by atoms with Gasteiger partial charge in [0.15, 0.2) is 0 Å². The molecule has 3 N–H and O–H groups in total. The van der Waals surface area contributed by atoms with E-state index in [4.69, 9.17) is 11.6 Å². The van der Waals surface area contributed by atoms with Crippen LogP contribution in [0.25, 0.3) is 0 Å². The van der Waals surface area contributed by atoms with Crippen LogP contribution < -0.4 is 16.2 Å². The summed E-state index contributed by atoms with van der Waals surface area (Å²) in [4.78, 5) is 12.3. The zero-order valence-electron chi connectivity index (χ0n) is 12.6. The maximum Gasteiger partial charge on any atom is 0.242 e. The maximum atomic E-state index is 13.1. The predicted octanol–water partition coefficient (Wildman–Crippen LogP) is 3.33. The number of hydrogen-bond donors (Lipinski definition) is 3. The van der Waals surface area contributed by atoms with E-state index in [1.807, 2.05) is 19.1 Å². The zero-order chi connectivity index (χ0) is 16.4. The molecule has 6 heteroatoms. The Labute approximate surface area is 139 Å². The van der Waals surface area contributed by atoms with Gasteiger partial charge >= 0.3 is 0 Å². The first kappa shape index (κ1) is 15.9. The number of amides is 1. The van der Waals surface area contributed by atoms with Gasteiger partial charge in [-0.15, -0.1) is 0 Å². The summed E-state index contributed by atoms with van der Waals surface area (Å²) in [7, 11) is 0. The highest BCUT2D eigenvalue weighted by atomic mass is 35.5. The number of aryl methyl sites for hydroxylation is 1. The van der Waals surface area contributed by atoms with Gasteiger partial charge in [-0.25, -0.2) is 15.2 Å². The van der Waals surface area contributed by atoms with Crippen LogP contribution in [0.1, 0.15) is 23.6 Å². The molecular weight excluding hydrogens is 317 g/mol. The number of nitrogens with one attached hydrogen (secondary N) is 3. The summed E-state index contributed by atoms with van der Waals surface area (Å²) in [5.41, 5.74) is 8.93. The van der Waals surface area contributed by atoms with Crippen molar-refractivity contribution in [2.75, 3.05) is 5.32 Å². The molecule has 23 heavy (non-hydrogen) atoms. The number of carbonyl (C=O) groups excluding carboxylic acids is 1. The molecule has 0 aromatic heterocycles. The SMILES string of the molecule is Cc1ccc(C2CC(C(=O)Nc3ccc(F)c(Cl)c3)NN2)cc1. The first-order chi connectivity index (χ1) is 11.0. The van der Waals surface area contributed by atoms with Crippen LogP contribution in [0.4, 0.5) is 10.1 Å². The first-order valence-corrected chi connectivity index (χ1v) is 7.74. The molecule has 4 nitrogen and oxygen atoms in total. The Morgan fingerprint density at radius 2 is 1.96 bits per heavy atom. The Bertz CT molecular complexity index is 720. The standard InChI is InChI=1S/C17H17ClFN3O/c1-10-2-4-11(5-3-10)15-9-16(22-21-15)17(23)20-12-6-7-14(19)13(18)8-12/h2-8,15-16,21-22H,9H2,1H3,(H,20,23). The highest BCUT2D eigenvalue weighted by Gasteiger charge is 2.30. The van der Waals surface area contributed by atoms with Crippen LogP contribution in [0.3, 0.4) is 0 Å². The summed E-state index contributed by atoms with van der Waals surface area (Å²) in [5.74, 6) is -0.695. The molecule has 2 unspecified atom stereocenters. The highest BCUT2D eigenvalue weighted by Crippen LogP contribution is 2.24. The fourth-order valence-corrected chi connectivity index (χ4v) is 2.73. The largest absolute Gasteiger partial charge is 0.325 e. The number of rotatable bonds is 3. The quantitative estimate of drug-likeness (QED) is 0.807. The Kier molecular flexibility index (Phi) is 4.61. The number of halogens is 2. The van der Waals surface area contributed by atoms with E-state index < -0.39 is 5.82 Å². The lowest BCUT2D eigenvalue weighted by atomic mass is 10.0. The second-order valence-electron chi connectivity index (χ2n) is 5.66. The lowest BCUT2D eigenvalue weighted by Gasteiger charge is -2.11. The summed E-state index contributed by atoms with van der Waals surface area (Å²) in [6, 6.07) is 12.0. The Hall–Kier alpha value is -1.95. The van der Waals surface area contributed by atoms with Crippen LogP contribution in [0.5, 0.6) is 0 Å². The van der Waals surface area contributed by atoms with Crippen molar-refractivity contribution in [3.8, 4) is 0 Å². The summed E-state index contributed by atoms with van der Waals surface area (Å²) in [5, 5.41) is 2.72. The molecule has 2 aromatic rings. The van der Waals surface area contributed by atoms with Gasteiger partial charge in [-0.1, -0.05) is 41.4 Å². The molecule has 1 saturated heterocycles. The molecule has 0 bridgehead atoms. The van der Waals surface area contributed by atoms with Gasteiger partial charge in [0.1, 0.15) is 11.9 Å². The van der Waals surface area contributed by atoms with Crippen molar-refractivity contribution in [2.24, 2.45) is 0 Å². The van der Waals surface area contributed by atoms with E-state index in [0.717, 1.165) is 5.56 Å². The number of benzene rings is 2. The lowest BCUT2D eigenvalue weighted by Crippen LogP contribution is -2.39. The number of hydrazine groups is 1. The second-order valence-corrected chi connectivity index (χ2v) is 6.07. The Morgan fingerprint density at radius 1 is 1.22 bits per heavy atom. The molecule has 0 spiro atoms. The van der Waals surface area contributed by atoms with E-state index in [1.54, 1.807) is 0 Å². The van der Waals surface area contributed by atoms with Crippen molar-refractivity contribution in [3.63, 3.8) is 0 Å². The summed E-state index contributed by atoms with van der Waals surface area (Å²) >= 11 is 5.72. The predicted molar refractivity (Wildman–Crippen MR) is 88.6 cm³/mol. The monoisotopic (exact) mass is 333 g/mol. The molecular formula is C17H17ClFN3O.